The first-order chi connectivity index (χ1) is 13.3. The molecule has 7 heteroatoms. The highest BCUT2D eigenvalue weighted by Crippen LogP contribution is 2.36. The van der Waals surface area contributed by atoms with Gasteiger partial charge in [-0.2, -0.15) is 5.10 Å². The fourth-order valence-corrected chi connectivity index (χ4v) is 4.25. The van der Waals surface area contributed by atoms with Gasteiger partial charge < -0.3 is 9.30 Å². The highest BCUT2D eigenvalue weighted by molar-refractivity contribution is 6.11. The van der Waals surface area contributed by atoms with Crippen molar-refractivity contribution in [1.82, 2.24) is 19.3 Å². The Morgan fingerprint density at radius 2 is 1.89 bits per heavy atom. The molecule has 144 valence electrons. The van der Waals surface area contributed by atoms with E-state index in [1.807, 2.05) is 37.5 Å². The summed E-state index contributed by atoms with van der Waals surface area (Å²) in [7, 11) is 3.12. The summed E-state index contributed by atoms with van der Waals surface area (Å²) in [6.45, 7) is 5.83. The first-order valence-corrected chi connectivity index (χ1v) is 9.01. The molecule has 3 heterocycles. The maximum absolute atomic E-state index is 13.8. The van der Waals surface area contributed by atoms with E-state index in [-0.39, 0.29) is 17.6 Å². The van der Waals surface area contributed by atoms with Gasteiger partial charge >= 0.3 is 5.97 Å². The monoisotopic (exact) mass is 380 g/mol. The molecule has 28 heavy (non-hydrogen) atoms. The number of esters is 1. The number of aryl methyl sites for hydroxylation is 3. The van der Waals surface area contributed by atoms with E-state index in [9.17, 15) is 9.18 Å². The SMILES string of the molecule is COC(=O)c1nn(C)c2c3ncccc3n(C(C)c3c(C)cc(F)cc3C)c12. The first kappa shape index (κ1) is 18.2. The van der Waals surface area contributed by atoms with E-state index in [0.29, 0.717) is 5.52 Å². The van der Waals surface area contributed by atoms with Gasteiger partial charge in [-0.3, -0.25) is 9.67 Å². The van der Waals surface area contributed by atoms with Gasteiger partial charge in [-0.15, -0.1) is 0 Å². The summed E-state index contributed by atoms with van der Waals surface area (Å²) in [5.41, 5.74) is 6.02. The van der Waals surface area contributed by atoms with Gasteiger partial charge in [0.1, 0.15) is 22.4 Å². The molecule has 0 fully saturated rings. The molecule has 1 unspecified atom stereocenters. The molecule has 0 radical (unpaired) electrons. The molecule has 0 aliphatic carbocycles. The number of nitrogens with zero attached hydrogens (tertiary/aromatic N) is 4. The predicted molar refractivity (Wildman–Crippen MR) is 105 cm³/mol. The summed E-state index contributed by atoms with van der Waals surface area (Å²) in [6, 6.07) is 6.72. The molecule has 4 rings (SSSR count). The highest BCUT2D eigenvalue weighted by Gasteiger charge is 2.28. The molecule has 1 atom stereocenters. The molecule has 0 saturated carbocycles. The molecular weight excluding hydrogens is 359 g/mol. The number of carbonyl (C=O) groups excluding carboxylic acids is 1. The molecule has 0 bridgehead atoms. The molecule has 4 aromatic rings. The van der Waals surface area contributed by atoms with E-state index in [0.717, 1.165) is 33.2 Å². The van der Waals surface area contributed by atoms with Crippen LogP contribution in [-0.4, -0.2) is 32.4 Å². The second kappa shape index (κ2) is 6.44. The van der Waals surface area contributed by atoms with Crippen LogP contribution in [-0.2, 0) is 11.8 Å². The van der Waals surface area contributed by atoms with Gasteiger partial charge in [-0.05, 0) is 61.7 Å². The molecule has 0 aliphatic rings. The van der Waals surface area contributed by atoms with Gasteiger partial charge in [0, 0.05) is 13.2 Å². The van der Waals surface area contributed by atoms with Crippen molar-refractivity contribution in [3.8, 4) is 0 Å². The van der Waals surface area contributed by atoms with Crippen molar-refractivity contribution < 1.29 is 13.9 Å². The number of benzene rings is 1. The van der Waals surface area contributed by atoms with Crippen LogP contribution in [0.15, 0.2) is 30.5 Å². The lowest BCUT2D eigenvalue weighted by Crippen LogP contribution is -2.13. The number of aromatic nitrogens is 4. The number of hydrogen-bond acceptors (Lipinski definition) is 4. The van der Waals surface area contributed by atoms with Crippen molar-refractivity contribution in [2.45, 2.75) is 26.8 Å². The molecule has 1 aromatic carbocycles. The van der Waals surface area contributed by atoms with Gasteiger partial charge in [0.05, 0.1) is 18.7 Å². The van der Waals surface area contributed by atoms with Crippen molar-refractivity contribution >= 4 is 28.0 Å². The summed E-state index contributed by atoms with van der Waals surface area (Å²) in [4.78, 5) is 17.0. The van der Waals surface area contributed by atoms with Crippen molar-refractivity contribution in [3.63, 3.8) is 0 Å². The minimum absolute atomic E-state index is 0.169. The molecule has 3 aromatic heterocycles. The number of hydrogen-bond donors (Lipinski definition) is 0. The van der Waals surface area contributed by atoms with Crippen molar-refractivity contribution in [2.24, 2.45) is 7.05 Å². The molecule has 0 saturated heterocycles. The van der Waals surface area contributed by atoms with Gasteiger partial charge in [0.25, 0.3) is 0 Å². The molecule has 0 N–H and O–H groups in total. The second-order valence-corrected chi connectivity index (χ2v) is 7.03. The van der Waals surface area contributed by atoms with Crippen LogP contribution >= 0.6 is 0 Å². The summed E-state index contributed by atoms with van der Waals surface area (Å²) in [6.07, 6.45) is 1.72. The van der Waals surface area contributed by atoms with Crippen LogP contribution in [0.4, 0.5) is 4.39 Å². The normalized spacial score (nSPS) is 12.6. The Morgan fingerprint density at radius 3 is 2.54 bits per heavy atom. The van der Waals surface area contributed by atoms with Crippen LogP contribution in [0.25, 0.3) is 22.1 Å². The van der Waals surface area contributed by atoms with Crippen LogP contribution in [0, 0.1) is 19.7 Å². The summed E-state index contributed by atoms with van der Waals surface area (Å²) < 4.78 is 22.5. The Kier molecular flexibility index (Phi) is 4.18. The van der Waals surface area contributed by atoms with Crippen LogP contribution in [0.3, 0.4) is 0 Å². The topological polar surface area (TPSA) is 61.9 Å². The Bertz CT molecular complexity index is 1220. The lowest BCUT2D eigenvalue weighted by atomic mass is 9.96. The zero-order valence-corrected chi connectivity index (χ0v) is 16.4. The van der Waals surface area contributed by atoms with E-state index in [2.05, 4.69) is 10.1 Å². The minimum atomic E-state index is -0.505. The van der Waals surface area contributed by atoms with E-state index < -0.39 is 5.97 Å². The lowest BCUT2D eigenvalue weighted by Gasteiger charge is -2.21. The number of carbonyl (C=O) groups is 1. The second-order valence-electron chi connectivity index (χ2n) is 7.03. The molecular formula is C21H21FN4O2. The number of ether oxygens (including phenoxy) is 1. The smallest absolute Gasteiger partial charge is 0.360 e. The number of rotatable bonds is 3. The first-order valence-electron chi connectivity index (χ1n) is 9.01. The van der Waals surface area contributed by atoms with Gasteiger partial charge in [0.15, 0.2) is 5.69 Å². The summed E-state index contributed by atoms with van der Waals surface area (Å²) in [5, 5.41) is 4.39. The Labute approximate surface area is 161 Å². The standard InChI is InChI=1S/C21H21FN4O2/c1-11-9-14(22)10-12(2)16(11)13(3)26-15-7-6-8-23-17(15)19-20(26)18(21(27)28-5)24-25(19)4/h6-10,13H,1-5H3. The molecule has 6 nitrogen and oxygen atoms in total. The number of methoxy groups -OCH3 is 1. The Hall–Kier alpha value is -3.22. The molecule has 0 aliphatic heterocycles. The fourth-order valence-electron chi connectivity index (χ4n) is 4.25. The van der Waals surface area contributed by atoms with Crippen LogP contribution in [0.2, 0.25) is 0 Å². The lowest BCUT2D eigenvalue weighted by molar-refractivity contribution is 0.0594. The quantitative estimate of drug-likeness (QED) is 0.503. The minimum Gasteiger partial charge on any atom is -0.464 e. The van der Waals surface area contributed by atoms with Crippen LogP contribution in [0.5, 0.6) is 0 Å². The van der Waals surface area contributed by atoms with E-state index >= 15 is 0 Å². The number of halogens is 1. The van der Waals surface area contributed by atoms with Crippen molar-refractivity contribution in [3.05, 3.63) is 58.7 Å². The Morgan fingerprint density at radius 1 is 1.21 bits per heavy atom. The Balaban J connectivity index is 2.12. The van der Waals surface area contributed by atoms with E-state index in [1.165, 1.54) is 19.2 Å². The fraction of sp³-hybridized carbons (Fsp3) is 0.286. The average Bonchev–Trinajstić information content (AvgIpc) is 3.15. The van der Waals surface area contributed by atoms with Crippen LogP contribution < -0.4 is 0 Å². The number of pyridine rings is 1. The van der Waals surface area contributed by atoms with Gasteiger partial charge in [-0.1, -0.05) is 0 Å². The third kappa shape index (κ3) is 2.50. The van der Waals surface area contributed by atoms with Crippen molar-refractivity contribution in [2.75, 3.05) is 7.11 Å². The number of fused-ring (bicyclic) bond motifs is 3. The summed E-state index contributed by atoms with van der Waals surface area (Å²) >= 11 is 0. The van der Waals surface area contributed by atoms with E-state index in [1.54, 1.807) is 17.9 Å². The zero-order valence-electron chi connectivity index (χ0n) is 16.4. The summed E-state index contributed by atoms with van der Waals surface area (Å²) in [5.74, 6) is -0.763. The predicted octanol–water partition coefficient (Wildman–Crippen LogP) is 4.07. The highest BCUT2D eigenvalue weighted by atomic mass is 19.1. The van der Waals surface area contributed by atoms with Crippen molar-refractivity contribution in [1.29, 1.82) is 0 Å². The van der Waals surface area contributed by atoms with E-state index in [4.69, 9.17) is 4.74 Å². The molecule has 0 amide bonds. The zero-order chi connectivity index (χ0) is 20.2. The third-order valence-electron chi connectivity index (χ3n) is 5.28. The largest absolute Gasteiger partial charge is 0.464 e. The maximum Gasteiger partial charge on any atom is 0.360 e. The van der Waals surface area contributed by atoms with Gasteiger partial charge in [0.2, 0.25) is 0 Å². The van der Waals surface area contributed by atoms with Crippen LogP contribution in [0.1, 0.15) is 40.1 Å². The average molecular weight is 380 g/mol. The molecule has 0 spiro atoms. The third-order valence-corrected chi connectivity index (χ3v) is 5.28. The maximum atomic E-state index is 13.8. The van der Waals surface area contributed by atoms with Gasteiger partial charge in [-0.25, -0.2) is 9.18 Å².